The van der Waals surface area contributed by atoms with Crippen LogP contribution in [0.3, 0.4) is 0 Å². The number of rotatable bonds is 4. The van der Waals surface area contributed by atoms with E-state index in [1.165, 1.54) is 24.3 Å². The lowest BCUT2D eigenvalue weighted by atomic mass is 9.81. The number of amides is 1. The monoisotopic (exact) mass is 425 g/mol. The van der Waals surface area contributed by atoms with Crippen molar-refractivity contribution in [2.45, 2.75) is 65.0 Å². The van der Waals surface area contributed by atoms with E-state index in [1.807, 2.05) is 19.9 Å². The topological polar surface area (TPSA) is 102 Å². The van der Waals surface area contributed by atoms with Gasteiger partial charge in [-0.3, -0.25) is 14.3 Å². The van der Waals surface area contributed by atoms with E-state index in [0.29, 0.717) is 6.54 Å². The Bertz CT molecular complexity index is 1130. The highest BCUT2D eigenvalue weighted by Gasteiger charge is 2.36. The molecule has 0 unspecified atom stereocenters. The van der Waals surface area contributed by atoms with Crippen molar-refractivity contribution in [3.05, 3.63) is 52.2 Å². The summed E-state index contributed by atoms with van der Waals surface area (Å²) >= 11 is 0. The molecule has 31 heavy (non-hydrogen) atoms. The number of fused-ring (bicyclic) bond motifs is 1. The largest absolute Gasteiger partial charge is 0.503 e. The fraction of sp³-hybridized carbons (Fsp3) is 0.478. The van der Waals surface area contributed by atoms with Gasteiger partial charge in [-0.25, -0.2) is 4.98 Å². The number of hydrogen-bond acceptors (Lipinski definition) is 5. The first-order valence-corrected chi connectivity index (χ1v) is 10.9. The molecule has 0 spiro atoms. The van der Waals surface area contributed by atoms with E-state index in [-0.39, 0.29) is 11.2 Å². The number of hydrogen-bond donors (Lipinski definition) is 2. The van der Waals surface area contributed by atoms with Crippen molar-refractivity contribution in [1.29, 1.82) is 0 Å². The van der Waals surface area contributed by atoms with E-state index in [4.69, 9.17) is 0 Å². The third-order valence-corrected chi connectivity index (χ3v) is 5.90. The summed E-state index contributed by atoms with van der Waals surface area (Å²) in [5, 5.41) is 17.9. The molecule has 8 nitrogen and oxygen atoms in total. The number of aryl methyl sites for hydroxylation is 1. The van der Waals surface area contributed by atoms with E-state index in [9.17, 15) is 14.7 Å². The minimum Gasteiger partial charge on any atom is -0.503 e. The number of carbonyl (C=O) groups is 1. The summed E-state index contributed by atoms with van der Waals surface area (Å²) in [5.74, 6) is -1.09. The average Bonchev–Trinajstić information content (AvgIpc) is 3.15. The Morgan fingerprint density at radius 1 is 1.23 bits per heavy atom. The van der Waals surface area contributed by atoms with Gasteiger partial charge in [0.2, 0.25) is 0 Å². The molecule has 1 fully saturated rings. The third-order valence-electron chi connectivity index (χ3n) is 5.90. The summed E-state index contributed by atoms with van der Waals surface area (Å²) in [6.45, 7) is 6.51. The van der Waals surface area contributed by atoms with Crippen molar-refractivity contribution in [2.75, 3.05) is 7.05 Å². The van der Waals surface area contributed by atoms with Crippen LogP contribution in [0.15, 0.2) is 35.5 Å². The lowest BCUT2D eigenvalue weighted by Gasteiger charge is -2.39. The van der Waals surface area contributed by atoms with Crippen molar-refractivity contribution in [2.24, 2.45) is 0 Å². The number of aromatic nitrogens is 4. The zero-order valence-electron chi connectivity index (χ0n) is 18.7. The highest BCUT2D eigenvalue weighted by molar-refractivity contribution is 5.92. The van der Waals surface area contributed by atoms with E-state index >= 15 is 0 Å². The van der Waals surface area contributed by atoms with Crippen LogP contribution in [0.25, 0.3) is 11.0 Å². The molecule has 0 atom stereocenters. The molecule has 0 bridgehead atoms. The molecule has 166 valence electrons. The van der Waals surface area contributed by atoms with Gasteiger partial charge in [0.1, 0.15) is 5.65 Å². The van der Waals surface area contributed by atoms with E-state index in [1.54, 1.807) is 6.20 Å². The van der Waals surface area contributed by atoms with Crippen LogP contribution in [-0.2, 0) is 12.1 Å². The molecular formula is C23H31N5O3. The standard InChI is InChI=1S/C21H25N5O3.C2H6/c1-14-11-26(19-15(14)7-6-10-23-19)21(8-4-3-5-9-21)13-25-12-16(27)18(28)17(24-25)20(29)22-2;1-2/h6-7,10-12,27H,3-5,8-9,13H2,1-2H3,(H,22,29);1-2H3. The van der Waals surface area contributed by atoms with Crippen molar-refractivity contribution in [3.8, 4) is 5.75 Å². The van der Waals surface area contributed by atoms with Crippen LogP contribution in [0.2, 0.25) is 0 Å². The van der Waals surface area contributed by atoms with Crippen molar-refractivity contribution in [3.63, 3.8) is 0 Å². The fourth-order valence-corrected chi connectivity index (χ4v) is 4.44. The minimum absolute atomic E-state index is 0.298. The van der Waals surface area contributed by atoms with Crippen molar-refractivity contribution < 1.29 is 9.90 Å². The Morgan fingerprint density at radius 3 is 2.61 bits per heavy atom. The van der Waals surface area contributed by atoms with Gasteiger partial charge in [-0.2, -0.15) is 5.10 Å². The van der Waals surface area contributed by atoms with Crippen molar-refractivity contribution in [1.82, 2.24) is 24.6 Å². The van der Waals surface area contributed by atoms with Crippen LogP contribution in [0.5, 0.6) is 5.75 Å². The van der Waals surface area contributed by atoms with Crippen LogP contribution >= 0.6 is 0 Å². The van der Waals surface area contributed by atoms with Gasteiger partial charge in [0, 0.05) is 24.8 Å². The van der Waals surface area contributed by atoms with Crippen LogP contribution in [0.4, 0.5) is 0 Å². The van der Waals surface area contributed by atoms with Gasteiger partial charge >= 0.3 is 0 Å². The summed E-state index contributed by atoms with van der Waals surface area (Å²) in [4.78, 5) is 28.8. The maximum absolute atomic E-state index is 12.1. The Hall–Kier alpha value is -3.16. The van der Waals surface area contributed by atoms with Crippen LogP contribution in [0.1, 0.15) is 62.0 Å². The van der Waals surface area contributed by atoms with Gasteiger partial charge in [-0.05, 0) is 37.5 Å². The van der Waals surface area contributed by atoms with E-state index < -0.39 is 17.1 Å². The number of pyridine rings is 1. The number of carbonyl (C=O) groups excluding carboxylic acids is 1. The van der Waals surface area contributed by atoms with Gasteiger partial charge in [0.25, 0.3) is 11.3 Å². The van der Waals surface area contributed by atoms with Crippen LogP contribution < -0.4 is 10.7 Å². The maximum atomic E-state index is 12.1. The second kappa shape index (κ2) is 9.32. The molecule has 1 saturated carbocycles. The molecule has 1 aliphatic carbocycles. The summed E-state index contributed by atoms with van der Waals surface area (Å²) < 4.78 is 3.75. The molecule has 1 amide bonds. The van der Waals surface area contributed by atoms with Gasteiger partial charge in [-0.15, -0.1) is 0 Å². The van der Waals surface area contributed by atoms with E-state index in [0.717, 1.165) is 42.3 Å². The summed E-state index contributed by atoms with van der Waals surface area (Å²) in [7, 11) is 1.43. The fourth-order valence-electron chi connectivity index (χ4n) is 4.44. The maximum Gasteiger partial charge on any atom is 0.275 e. The Morgan fingerprint density at radius 2 is 1.94 bits per heavy atom. The van der Waals surface area contributed by atoms with Crippen LogP contribution in [-0.4, -0.2) is 37.4 Å². The molecule has 0 aromatic carbocycles. The molecule has 2 N–H and O–H groups in total. The molecule has 0 saturated heterocycles. The second-order valence-corrected chi connectivity index (χ2v) is 7.81. The SMILES string of the molecule is CC.CNC(=O)c1nn(CC2(n3cc(C)c4cccnc43)CCCCC2)cc(O)c1=O. The van der Waals surface area contributed by atoms with Crippen LogP contribution in [0, 0.1) is 6.92 Å². The minimum atomic E-state index is -0.762. The smallest absolute Gasteiger partial charge is 0.275 e. The molecule has 1 aliphatic rings. The summed E-state index contributed by atoms with van der Waals surface area (Å²) in [6, 6.07) is 4.00. The third kappa shape index (κ3) is 4.19. The first-order valence-electron chi connectivity index (χ1n) is 10.9. The first-order chi connectivity index (χ1) is 14.9. The molecule has 3 heterocycles. The highest BCUT2D eigenvalue weighted by Crippen LogP contribution is 2.39. The molecule has 3 aromatic heterocycles. The molecule has 0 radical (unpaired) electrons. The first kappa shape index (κ1) is 22.5. The summed E-state index contributed by atoms with van der Waals surface area (Å²) in [5.41, 5.74) is 0.712. The normalized spacial score (nSPS) is 15.2. The number of nitrogens with zero attached hydrogens (tertiary/aromatic N) is 4. The quantitative estimate of drug-likeness (QED) is 0.667. The van der Waals surface area contributed by atoms with Gasteiger partial charge in [0.15, 0.2) is 11.4 Å². The lowest BCUT2D eigenvalue weighted by Crippen LogP contribution is -2.41. The van der Waals surface area contributed by atoms with Crippen molar-refractivity contribution >= 4 is 16.9 Å². The predicted molar refractivity (Wildman–Crippen MR) is 120 cm³/mol. The Labute approximate surface area is 181 Å². The highest BCUT2D eigenvalue weighted by atomic mass is 16.3. The zero-order valence-corrected chi connectivity index (χ0v) is 18.7. The predicted octanol–water partition coefficient (Wildman–Crippen LogP) is 3.35. The molecular weight excluding hydrogens is 394 g/mol. The van der Waals surface area contributed by atoms with Gasteiger partial charge < -0.3 is 15.0 Å². The van der Waals surface area contributed by atoms with Gasteiger partial charge in [-0.1, -0.05) is 33.1 Å². The lowest BCUT2D eigenvalue weighted by molar-refractivity contribution is 0.0950. The molecule has 3 aromatic rings. The Balaban J connectivity index is 0.00000132. The zero-order chi connectivity index (χ0) is 22.6. The Kier molecular flexibility index (Phi) is 6.77. The molecule has 4 rings (SSSR count). The number of nitrogens with one attached hydrogen (secondary N) is 1. The van der Waals surface area contributed by atoms with E-state index in [2.05, 4.69) is 39.2 Å². The summed E-state index contributed by atoms with van der Waals surface area (Å²) in [6.07, 6.45) is 10.4. The average molecular weight is 426 g/mol. The molecule has 8 heteroatoms. The van der Waals surface area contributed by atoms with Gasteiger partial charge in [0.05, 0.1) is 18.3 Å². The number of aromatic hydroxyl groups is 1. The molecule has 0 aliphatic heterocycles. The second-order valence-electron chi connectivity index (χ2n) is 7.81.